The van der Waals surface area contributed by atoms with Gasteiger partial charge in [0.25, 0.3) is 5.69 Å². The molecule has 16 heavy (non-hydrogen) atoms. The van der Waals surface area contributed by atoms with E-state index in [0.29, 0.717) is 0 Å². The standard InChI is InChI=1S/C9H10FN3O3/c10-5-1-2-8(13(15)16)6(3-5)7(11)4-9(12)14/h1-3,7H,4,11H2,(H2,12,14). The molecule has 86 valence electrons. The molecule has 0 saturated carbocycles. The van der Waals surface area contributed by atoms with Crippen LogP contribution in [0.3, 0.4) is 0 Å². The van der Waals surface area contributed by atoms with E-state index in [1.807, 2.05) is 0 Å². The number of nitro benzene ring substituents is 1. The van der Waals surface area contributed by atoms with Gasteiger partial charge in [-0.05, 0) is 12.1 Å². The number of nitrogens with two attached hydrogens (primary N) is 2. The first kappa shape index (κ1) is 12.1. The van der Waals surface area contributed by atoms with E-state index in [1.165, 1.54) is 0 Å². The highest BCUT2D eigenvalue weighted by atomic mass is 19.1. The Kier molecular flexibility index (Phi) is 3.51. The summed E-state index contributed by atoms with van der Waals surface area (Å²) in [4.78, 5) is 20.6. The first-order chi connectivity index (χ1) is 7.41. The summed E-state index contributed by atoms with van der Waals surface area (Å²) < 4.78 is 12.9. The summed E-state index contributed by atoms with van der Waals surface area (Å²) in [6.45, 7) is 0. The highest BCUT2D eigenvalue weighted by Crippen LogP contribution is 2.26. The topological polar surface area (TPSA) is 112 Å². The lowest BCUT2D eigenvalue weighted by Gasteiger charge is -2.10. The van der Waals surface area contributed by atoms with Crippen LogP contribution in [-0.4, -0.2) is 10.8 Å². The number of carbonyl (C=O) groups excluding carboxylic acids is 1. The van der Waals surface area contributed by atoms with Gasteiger partial charge in [0, 0.05) is 24.1 Å². The molecule has 1 unspecified atom stereocenters. The minimum Gasteiger partial charge on any atom is -0.370 e. The van der Waals surface area contributed by atoms with Crippen LogP contribution >= 0.6 is 0 Å². The average molecular weight is 227 g/mol. The first-order valence-corrected chi connectivity index (χ1v) is 4.39. The Labute approximate surface area is 90.2 Å². The van der Waals surface area contributed by atoms with E-state index in [1.54, 1.807) is 0 Å². The van der Waals surface area contributed by atoms with Crippen molar-refractivity contribution < 1.29 is 14.1 Å². The van der Waals surface area contributed by atoms with Gasteiger partial charge < -0.3 is 11.5 Å². The Hall–Kier alpha value is -2.02. The Morgan fingerprint density at radius 2 is 2.19 bits per heavy atom. The molecule has 0 heterocycles. The van der Waals surface area contributed by atoms with Gasteiger partial charge in [0.15, 0.2) is 0 Å². The van der Waals surface area contributed by atoms with Crippen molar-refractivity contribution in [1.82, 2.24) is 0 Å². The minimum atomic E-state index is -0.978. The Balaban J connectivity index is 3.13. The van der Waals surface area contributed by atoms with Crippen LogP contribution in [0.5, 0.6) is 0 Å². The number of hydrogen-bond acceptors (Lipinski definition) is 4. The summed E-state index contributed by atoms with van der Waals surface area (Å²) in [7, 11) is 0. The van der Waals surface area contributed by atoms with Crippen LogP contribution in [0.15, 0.2) is 18.2 Å². The molecule has 1 atom stereocenters. The molecule has 0 fully saturated rings. The maximum atomic E-state index is 12.9. The minimum absolute atomic E-state index is 0.0381. The monoisotopic (exact) mass is 227 g/mol. The van der Waals surface area contributed by atoms with E-state index in [-0.39, 0.29) is 17.7 Å². The van der Waals surface area contributed by atoms with Crippen molar-refractivity contribution in [3.8, 4) is 0 Å². The van der Waals surface area contributed by atoms with Gasteiger partial charge in [0.2, 0.25) is 5.91 Å². The molecule has 0 saturated heterocycles. The van der Waals surface area contributed by atoms with Crippen molar-refractivity contribution in [1.29, 1.82) is 0 Å². The van der Waals surface area contributed by atoms with E-state index in [9.17, 15) is 19.3 Å². The highest BCUT2D eigenvalue weighted by Gasteiger charge is 2.21. The molecular formula is C9H10FN3O3. The third-order valence-corrected chi connectivity index (χ3v) is 2.01. The third kappa shape index (κ3) is 2.74. The van der Waals surface area contributed by atoms with E-state index in [2.05, 4.69) is 0 Å². The van der Waals surface area contributed by atoms with Gasteiger partial charge in [-0.3, -0.25) is 14.9 Å². The lowest BCUT2D eigenvalue weighted by atomic mass is 10.0. The highest BCUT2D eigenvalue weighted by molar-refractivity contribution is 5.75. The van der Waals surface area contributed by atoms with Crippen molar-refractivity contribution in [2.24, 2.45) is 11.5 Å². The summed E-state index contributed by atoms with van der Waals surface area (Å²) in [6.07, 6.45) is -0.274. The smallest absolute Gasteiger partial charge is 0.274 e. The van der Waals surface area contributed by atoms with Crippen LogP contribution in [0.25, 0.3) is 0 Å². The molecule has 1 amide bonds. The van der Waals surface area contributed by atoms with E-state index in [0.717, 1.165) is 18.2 Å². The summed E-state index contributed by atoms with van der Waals surface area (Å²) in [6, 6.07) is 1.92. The molecule has 0 spiro atoms. The van der Waals surface area contributed by atoms with Gasteiger partial charge in [-0.1, -0.05) is 0 Å². The number of hydrogen-bond donors (Lipinski definition) is 2. The van der Waals surface area contributed by atoms with E-state index < -0.39 is 22.7 Å². The van der Waals surface area contributed by atoms with Gasteiger partial charge in [0.1, 0.15) is 5.82 Å². The van der Waals surface area contributed by atoms with Gasteiger partial charge >= 0.3 is 0 Å². The molecule has 0 aromatic heterocycles. The Bertz CT molecular complexity index is 436. The van der Waals surface area contributed by atoms with Gasteiger partial charge in [0.05, 0.1) is 4.92 Å². The molecule has 0 bridgehead atoms. The fraction of sp³-hybridized carbons (Fsp3) is 0.222. The second-order valence-corrected chi connectivity index (χ2v) is 3.24. The summed E-state index contributed by atoms with van der Waals surface area (Å²) >= 11 is 0. The van der Waals surface area contributed by atoms with Crippen LogP contribution in [-0.2, 0) is 4.79 Å². The molecule has 0 aliphatic heterocycles. The quantitative estimate of drug-likeness (QED) is 0.579. The number of amides is 1. The van der Waals surface area contributed by atoms with Crippen molar-refractivity contribution in [2.45, 2.75) is 12.5 Å². The van der Waals surface area contributed by atoms with E-state index >= 15 is 0 Å². The van der Waals surface area contributed by atoms with Gasteiger partial charge in [-0.2, -0.15) is 0 Å². The third-order valence-electron chi connectivity index (χ3n) is 2.01. The molecule has 0 aliphatic carbocycles. The van der Waals surface area contributed by atoms with Crippen molar-refractivity contribution in [3.05, 3.63) is 39.7 Å². The van der Waals surface area contributed by atoms with Crippen LogP contribution in [0.4, 0.5) is 10.1 Å². The van der Waals surface area contributed by atoms with Crippen molar-refractivity contribution in [3.63, 3.8) is 0 Å². The molecule has 0 aliphatic rings. The number of benzene rings is 1. The number of nitrogens with zero attached hydrogens (tertiary/aromatic N) is 1. The zero-order chi connectivity index (χ0) is 12.3. The number of rotatable bonds is 4. The molecule has 1 rings (SSSR count). The molecule has 1 aromatic rings. The lowest BCUT2D eigenvalue weighted by molar-refractivity contribution is -0.385. The second kappa shape index (κ2) is 4.67. The molecule has 1 aromatic carbocycles. The van der Waals surface area contributed by atoms with Crippen LogP contribution < -0.4 is 11.5 Å². The average Bonchev–Trinajstić information content (AvgIpc) is 2.15. The molecular weight excluding hydrogens is 217 g/mol. The SMILES string of the molecule is NC(=O)CC(N)c1cc(F)ccc1[N+](=O)[O-]. The largest absolute Gasteiger partial charge is 0.370 e. The van der Waals surface area contributed by atoms with Crippen LogP contribution in [0.2, 0.25) is 0 Å². The Morgan fingerprint density at radius 1 is 1.56 bits per heavy atom. The predicted molar refractivity (Wildman–Crippen MR) is 53.8 cm³/mol. The van der Waals surface area contributed by atoms with Crippen molar-refractivity contribution in [2.75, 3.05) is 0 Å². The molecule has 7 heteroatoms. The van der Waals surface area contributed by atoms with Crippen LogP contribution in [0, 0.1) is 15.9 Å². The molecule has 0 radical (unpaired) electrons. The normalized spacial score (nSPS) is 12.1. The second-order valence-electron chi connectivity index (χ2n) is 3.24. The summed E-state index contributed by atoms with van der Waals surface area (Å²) in [5, 5.41) is 10.6. The number of halogens is 1. The first-order valence-electron chi connectivity index (χ1n) is 4.39. The van der Waals surface area contributed by atoms with Crippen LogP contribution in [0.1, 0.15) is 18.0 Å². The molecule has 6 nitrogen and oxygen atoms in total. The zero-order valence-corrected chi connectivity index (χ0v) is 8.22. The van der Waals surface area contributed by atoms with Gasteiger partial charge in [-0.15, -0.1) is 0 Å². The van der Waals surface area contributed by atoms with E-state index in [4.69, 9.17) is 11.5 Å². The lowest BCUT2D eigenvalue weighted by Crippen LogP contribution is -2.21. The fourth-order valence-corrected chi connectivity index (χ4v) is 1.32. The number of nitro groups is 1. The van der Waals surface area contributed by atoms with Gasteiger partial charge in [-0.25, -0.2) is 4.39 Å². The summed E-state index contributed by atoms with van der Waals surface area (Å²) in [5.41, 5.74) is 10.1. The Morgan fingerprint density at radius 3 is 2.69 bits per heavy atom. The fourth-order valence-electron chi connectivity index (χ4n) is 1.32. The predicted octanol–water partition coefficient (Wildman–Crippen LogP) is 0.609. The number of primary amides is 1. The van der Waals surface area contributed by atoms with Crippen molar-refractivity contribution >= 4 is 11.6 Å². The zero-order valence-electron chi connectivity index (χ0n) is 8.22. The number of carbonyl (C=O) groups is 1. The molecule has 4 N–H and O–H groups in total. The maximum absolute atomic E-state index is 12.9. The summed E-state index contributed by atoms with van der Waals surface area (Å²) in [5.74, 6) is -1.36. The maximum Gasteiger partial charge on any atom is 0.274 e.